The largest absolute Gasteiger partial charge is 0.312 e. The van der Waals surface area contributed by atoms with E-state index in [0.717, 1.165) is 36.5 Å². The summed E-state index contributed by atoms with van der Waals surface area (Å²) in [5, 5.41) is 0.608. The van der Waals surface area contributed by atoms with Gasteiger partial charge < -0.3 is 9.47 Å². The van der Waals surface area contributed by atoms with E-state index in [-0.39, 0.29) is 5.41 Å². The predicted molar refractivity (Wildman–Crippen MR) is 89.3 cm³/mol. The Morgan fingerprint density at radius 2 is 2.05 bits per heavy atom. The minimum absolute atomic E-state index is 0.111. The van der Waals surface area contributed by atoms with Gasteiger partial charge in [-0.1, -0.05) is 25.4 Å². The zero-order valence-electron chi connectivity index (χ0n) is 13.0. The Labute approximate surface area is 136 Å². The van der Waals surface area contributed by atoms with Crippen molar-refractivity contribution in [2.24, 2.45) is 5.41 Å². The van der Waals surface area contributed by atoms with Gasteiger partial charge in [0, 0.05) is 31.6 Å². The van der Waals surface area contributed by atoms with E-state index in [1.54, 1.807) is 6.20 Å². The zero-order valence-corrected chi connectivity index (χ0v) is 14.5. The average Bonchev–Trinajstić information content (AvgIpc) is 2.64. The number of halogens is 2. The van der Waals surface area contributed by atoms with E-state index in [4.69, 9.17) is 23.2 Å². The van der Waals surface area contributed by atoms with Crippen LogP contribution >= 0.6 is 23.2 Å². The fourth-order valence-corrected chi connectivity index (χ4v) is 3.13. The molecule has 4 nitrogen and oxygen atoms in total. The van der Waals surface area contributed by atoms with Crippen LogP contribution in [0.2, 0.25) is 5.02 Å². The number of pyridine rings is 1. The second-order valence-electron chi connectivity index (χ2n) is 6.45. The molecule has 0 saturated carbocycles. The number of aromatic nitrogens is 3. The molecule has 0 N–H and O–H groups in total. The molecule has 116 valence electrons. The molecular formula is C15H22Cl2N4. The first kappa shape index (κ1) is 16.5. The Morgan fingerprint density at radius 3 is 2.67 bits per heavy atom. The van der Waals surface area contributed by atoms with Crippen LogP contribution < -0.4 is 0 Å². The van der Waals surface area contributed by atoms with Gasteiger partial charge in [-0.25, -0.2) is 9.97 Å². The molecule has 0 aliphatic rings. The Morgan fingerprint density at radius 1 is 1.33 bits per heavy atom. The van der Waals surface area contributed by atoms with Crippen LogP contribution in [0.25, 0.3) is 11.2 Å². The van der Waals surface area contributed by atoms with Crippen LogP contribution in [0, 0.1) is 5.41 Å². The first-order chi connectivity index (χ1) is 9.82. The van der Waals surface area contributed by atoms with Crippen molar-refractivity contribution < 1.29 is 0 Å². The summed E-state index contributed by atoms with van der Waals surface area (Å²) >= 11 is 11.9. The number of aryl methyl sites for hydroxylation is 1. The normalized spacial score (nSPS) is 12.5. The van der Waals surface area contributed by atoms with Crippen molar-refractivity contribution >= 4 is 34.4 Å². The Balaban J connectivity index is 2.42. The van der Waals surface area contributed by atoms with E-state index < -0.39 is 0 Å². The zero-order chi connectivity index (χ0) is 15.6. The fraction of sp³-hybridized carbons (Fsp3) is 0.600. The van der Waals surface area contributed by atoms with E-state index >= 15 is 0 Å². The number of hydrogen-bond donors (Lipinski definition) is 0. The number of fused-ring (bicyclic) bond motifs is 1. The molecule has 21 heavy (non-hydrogen) atoms. The summed E-state index contributed by atoms with van der Waals surface area (Å²) in [5.74, 6) is 1.52. The van der Waals surface area contributed by atoms with Gasteiger partial charge in [-0.2, -0.15) is 0 Å². The standard InChI is InChI=1S/C15H22Cl2N4/c1-15(2,9-20(3)4)10-21-13(5-6-16)19-12-7-11(17)8-18-14(12)21/h7-8H,5-6,9-10H2,1-4H3. The predicted octanol–water partition coefficient (Wildman–Crippen LogP) is 3.45. The topological polar surface area (TPSA) is 34.0 Å². The second-order valence-corrected chi connectivity index (χ2v) is 7.27. The van der Waals surface area contributed by atoms with Gasteiger partial charge in [0.05, 0.1) is 5.02 Å². The van der Waals surface area contributed by atoms with Crippen LogP contribution in [-0.4, -0.2) is 46.0 Å². The highest BCUT2D eigenvalue weighted by Crippen LogP contribution is 2.25. The maximum atomic E-state index is 6.01. The van der Waals surface area contributed by atoms with E-state index in [0.29, 0.717) is 10.9 Å². The van der Waals surface area contributed by atoms with Gasteiger partial charge in [-0.15, -0.1) is 11.6 Å². The number of alkyl halides is 1. The monoisotopic (exact) mass is 328 g/mol. The minimum Gasteiger partial charge on any atom is -0.312 e. The first-order valence-electron chi connectivity index (χ1n) is 7.04. The summed E-state index contributed by atoms with van der Waals surface area (Å²) in [4.78, 5) is 11.3. The highest BCUT2D eigenvalue weighted by molar-refractivity contribution is 6.31. The Kier molecular flexibility index (Phi) is 5.12. The quantitative estimate of drug-likeness (QED) is 0.761. The van der Waals surface area contributed by atoms with Crippen molar-refractivity contribution in [1.29, 1.82) is 0 Å². The molecule has 0 amide bonds. The van der Waals surface area contributed by atoms with Crippen molar-refractivity contribution in [3.8, 4) is 0 Å². The number of imidazole rings is 1. The van der Waals surface area contributed by atoms with Crippen LogP contribution in [0.5, 0.6) is 0 Å². The SMILES string of the molecule is CN(C)CC(C)(C)Cn1c(CCCl)nc2cc(Cl)cnc21. The molecule has 0 spiro atoms. The van der Waals surface area contributed by atoms with Crippen molar-refractivity contribution in [3.63, 3.8) is 0 Å². The minimum atomic E-state index is 0.111. The van der Waals surface area contributed by atoms with Gasteiger partial charge >= 0.3 is 0 Å². The smallest absolute Gasteiger partial charge is 0.160 e. The number of hydrogen-bond acceptors (Lipinski definition) is 3. The lowest BCUT2D eigenvalue weighted by atomic mass is 9.92. The lowest BCUT2D eigenvalue weighted by molar-refractivity contribution is 0.211. The lowest BCUT2D eigenvalue weighted by Gasteiger charge is -2.29. The summed E-state index contributed by atoms with van der Waals surface area (Å²) in [6, 6.07) is 1.86. The van der Waals surface area contributed by atoms with Crippen molar-refractivity contribution in [2.45, 2.75) is 26.8 Å². The van der Waals surface area contributed by atoms with Gasteiger partial charge in [0.1, 0.15) is 11.3 Å². The summed E-state index contributed by atoms with van der Waals surface area (Å²) in [7, 11) is 4.18. The Bertz CT molecular complexity index is 619. The molecule has 0 aromatic carbocycles. The highest BCUT2D eigenvalue weighted by Gasteiger charge is 2.23. The lowest BCUT2D eigenvalue weighted by Crippen LogP contribution is -2.33. The van der Waals surface area contributed by atoms with E-state index in [1.165, 1.54) is 0 Å². The number of nitrogens with zero attached hydrogens (tertiary/aromatic N) is 4. The second kappa shape index (κ2) is 6.51. The number of rotatable bonds is 6. The maximum Gasteiger partial charge on any atom is 0.160 e. The van der Waals surface area contributed by atoms with Crippen LogP contribution in [-0.2, 0) is 13.0 Å². The highest BCUT2D eigenvalue weighted by atomic mass is 35.5. The molecule has 0 aliphatic heterocycles. The summed E-state index contributed by atoms with van der Waals surface area (Å²) < 4.78 is 2.18. The molecule has 0 aliphatic carbocycles. The third-order valence-electron chi connectivity index (χ3n) is 3.28. The van der Waals surface area contributed by atoms with Gasteiger partial charge in [0.25, 0.3) is 0 Å². The molecular weight excluding hydrogens is 307 g/mol. The first-order valence-corrected chi connectivity index (χ1v) is 7.95. The van der Waals surface area contributed by atoms with Crippen molar-refractivity contribution in [3.05, 3.63) is 23.1 Å². The molecule has 2 aromatic heterocycles. The van der Waals surface area contributed by atoms with E-state index in [9.17, 15) is 0 Å². The summed E-state index contributed by atoms with van der Waals surface area (Å²) in [6.45, 7) is 6.33. The van der Waals surface area contributed by atoms with E-state index in [2.05, 4.69) is 47.4 Å². The summed E-state index contributed by atoms with van der Waals surface area (Å²) in [6.07, 6.45) is 2.40. The average molecular weight is 329 g/mol. The van der Waals surface area contributed by atoms with Gasteiger partial charge in [-0.05, 0) is 25.6 Å². The molecule has 0 bridgehead atoms. The van der Waals surface area contributed by atoms with Crippen LogP contribution in [0.15, 0.2) is 12.3 Å². The molecule has 0 fully saturated rings. The van der Waals surface area contributed by atoms with Crippen molar-refractivity contribution in [2.75, 3.05) is 26.5 Å². The molecule has 0 atom stereocenters. The van der Waals surface area contributed by atoms with Gasteiger partial charge in [0.2, 0.25) is 0 Å². The fourth-order valence-electron chi connectivity index (χ4n) is 2.81. The van der Waals surface area contributed by atoms with Crippen LogP contribution in [0.3, 0.4) is 0 Å². The van der Waals surface area contributed by atoms with Gasteiger partial charge in [0.15, 0.2) is 5.65 Å². The molecule has 0 radical (unpaired) electrons. The van der Waals surface area contributed by atoms with Gasteiger partial charge in [-0.3, -0.25) is 0 Å². The molecule has 2 heterocycles. The third-order valence-corrected chi connectivity index (χ3v) is 3.67. The Hall–Kier alpha value is -0.840. The maximum absolute atomic E-state index is 6.01. The third kappa shape index (κ3) is 4.09. The summed E-state index contributed by atoms with van der Waals surface area (Å²) in [5.41, 5.74) is 1.83. The van der Waals surface area contributed by atoms with Crippen LogP contribution in [0.1, 0.15) is 19.7 Å². The molecule has 0 unspecified atom stereocenters. The molecule has 0 saturated heterocycles. The van der Waals surface area contributed by atoms with E-state index in [1.807, 2.05) is 6.07 Å². The molecule has 2 aromatic rings. The molecule has 2 rings (SSSR count). The van der Waals surface area contributed by atoms with Crippen LogP contribution in [0.4, 0.5) is 0 Å². The molecule has 6 heteroatoms. The van der Waals surface area contributed by atoms with Crippen molar-refractivity contribution in [1.82, 2.24) is 19.4 Å².